The summed E-state index contributed by atoms with van der Waals surface area (Å²) in [5.74, 6) is -0.959. The van der Waals surface area contributed by atoms with Crippen LogP contribution in [0.3, 0.4) is 0 Å². The lowest BCUT2D eigenvalue weighted by molar-refractivity contribution is -0.138. The quantitative estimate of drug-likeness (QED) is 0.572. The van der Waals surface area contributed by atoms with E-state index in [0.717, 1.165) is 11.1 Å². The molecule has 0 aliphatic heterocycles. The lowest BCUT2D eigenvalue weighted by Gasteiger charge is -2.17. The van der Waals surface area contributed by atoms with Crippen LogP contribution in [0.5, 0.6) is 5.75 Å². The highest BCUT2D eigenvalue weighted by Crippen LogP contribution is 2.31. The first kappa shape index (κ1) is 20.6. The van der Waals surface area contributed by atoms with Gasteiger partial charge in [-0.05, 0) is 36.2 Å². The number of fused-ring (bicyclic) bond motifs is 1. The van der Waals surface area contributed by atoms with Gasteiger partial charge in [-0.1, -0.05) is 36.4 Å². The van der Waals surface area contributed by atoms with E-state index in [0.29, 0.717) is 10.9 Å². The third-order valence-corrected chi connectivity index (χ3v) is 5.82. The highest BCUT2D eigenvalue weighted by atomic mass is 32.2. The van der Waals surface area contributed by atoms with E-state index in [1.165, 1.54) is 18.2 Å². The van der Waals surface area contributed by atoms with Crippen molar-refractivity contribution >= 4 is 32.5 Å². The van der Waals surface area contributed by atoms with Crippen LogP contribution >= 0.6 is 0 Å². The topological polar surface area (TPSA) is 110 Å². The van der Waals surface area contributed by atoms with Crippen LogP contribution in [0.1, 0.15) is 5.56 Å². The van der Waals surface area contributed by atoms with Crippen molar-refractivity contribution in [2.24, 2.45) is 5.73 Å². The second kappa shape index (κ2) is 8.10. The van der Waals surface area contributed by atoms with E-state index in [4.69, 9.17) is 15.0 Å². The number of nitrogens with two attached hydrogens (primary N) is 1. The molecule has 0 saturated carbocycles. The third-order valence-electron chi connectivity index (χ3n) is 4.51. The minimum absolute atomic E-state index is 0.0793. The number of rotatable bonds is 7. The molecule has 0 aliphatic carbocycles. The number of hydrogen-bond acceptors (Lipinski definition) is 6. The molecule has 3 aromatic carbocycles. The molecule has 29 heavy (non-hydrogen) atoms. The number of anilines is 1. The minimum atomic E-state index is -4.07. The van der Waals surface area contributed by atoms with Crippen molar-refractivity contribution in [2.45, 2.75) is 17.4 Å². The second-order valence-corrected chi connectivity index (χ2v) is 8.37. The fourth-order valence-electron chi connectivity index (χ4n) is 3.07. The van der Waals surface area contributed by atoms with Crippen LogP contribution in [-0.4, -0.2) is 39.6 Å². The summed E-state index contributed by atoms with van der Waals surface area (Å²) >= 11 is 0. The molecule has 0 spiro atoms. The summed E-state index contributed by atoms with van der Waals surface area (Å²) in [7, 11) is -0.283. The molecule has 0 bridgehead atoms. The molecule has 152 valence electrons. The average Bonchev–Trinajstić information content (AvgIpc) is 2.68. The second-order valence-electron chi connectivity index (χ2n) is 6.85. The maximum Gasteiger partial charge on any atom is 0.339 e. The predicted molar refractivity (Wildman–Crippen MR) is 112 cm³/mol. The fourth-order valence-corrected chi connectivity index (χ4v) is 4.21. The van der Waals surface area contributed by atoms with Gasteiger partial charge in [0, 0.05) is 30.6 Å². The van der Waals surface area contributed by atoms with Gasteiger partial charge in [-0.25, -0.2) is 0 Å². The molecule has 7 nitrogen and oxygen atoms in total. The first-order valence-corrected chi connectivity index (χ1v) is 10.3. The van der Waals surface area contributed by atoms with E-state index in [1.807, 2.05) is 31.1 Å². The van der Waals surface area contributed by atoms with Crippen LogP contribution in [0, 0.1) is 0 Å². The molecular formula is C21H22N2O5S. The summed E-state index contributed by atoms with van der Waals surface area (Å²) in [6.45, 7) is 0. The van der Waals surface area contributed by atoms with E-state index in [1.54, 1.807) is 30.3 Å². The monoisotopic (exact) mass is 414 g/mol. The molecule has 0 amide bonds. The summed E-state index contributed by atoms with van der Waals surface area (Å²) < 4.78 is 31.1. The van der Waals surface area contributed by atoms with Crippen LogP contribution in [0.15, 0.2) is 65.6 Å². The molecule has 8 heteroatoms. The Balaban J connectivity index is 1.90. The van der Waals surface area contributed by atoms with Gasteiger partial charge in [0.25, 0.3) is 0 Å². The van der Waals surface area contributed by atoms with Crippen molar-refractivity contribution in [1.29, 1.82) is 0 Å². The molecule has 0 radical (unpaired) electrons. The number of carboxylic acids is 1. The van der Waals surface area contributed by atoms with E-state index >= 15 is 0 Å². The van der Waals surface area contributed by atoms with E-state index in [-0.39, 0.29) is 17.1 Å². The van der Waals surface area contributed by atoms with Gasteiger partial charge >= 0.3 is 16.1 Å². The molecule has 3 N–H and O–H groups in total. The lowest BCUT2D eigenvalue weighted by atomic mass is 10.1. The van der Waals surface area contributed by atoms with Gasteiger partial charge in [0.05, 0.1) is 0 Å². The predicted octanol–water partition coefficient (Wildman–Crippen LogP) is 2.63. The summed E-state index contributed by atoms with van der Waals surface area (Å²) in [5, 5.41) is 10.3. The number of nitrogens with zero attached hydrogens (tertiary/aromatic N) is 1. The average molecular weight is 414 g/mol. The molecular weight excluding hydrogens is 392 g/mol. The van der Waals surface area contributed by atoms with Crippen molar-refractivity contribution in [3.63, 3.8) is 0 Å². The van der Waals surface area contributed by atoms with E-state index in [9.17, 15) is 13.2 Å². The Hall–Kier alpha value is -3.10. The van der Waals surface area contributed by atoms with E-state index < -0.39 is 22.1 Å². The number of carbonyl (C=O) groups is 1. The molecule has 0 aromatic heterocycles. The van der Waals surface area contributed by atoms with Crippen LogP contribution in [0.2, 0.25) is 0 Å². The lowest BCUT2D eigenvalue weighted by Crippen LogP contribution is -2.32. The zero-order valence-corrected chi connectivity index (χ0v) is 16.9. The van der Waals surface area contributed by atoms with Gasteiger partial charge in [0.1, 0.15) is 16.7 Å². The SMILES string of the molecule is CN(C)c1cccc2c(S(=O)(=O)Oc3ccc(C[C@H](N)C(=O)O)cc3)cccc12. The molecule has 0 aliphatic rings. The molecule has 3 rings (SSSR count). The van der Waals surface area contributed by atoms with Gasteiger partial charge in [-0.3, -0.25) is 4.79 Å². The van der Waals surface area contributed by atoms with E-state index in [2.05, 4.69) is 0 Å². The maximum atomic E-state index is 12.9. The third kappa shape index (κ3) is 4.49. The first-order valence-electron chi connectivity index (χ1n) is 8.90. The van der Waals surface area contributed by atoms with Crippen molar-refractivity contribution in [3.05, 3.63) is 66.2 Å². The van der Waals surface area contributed by atoms with Crippen LogP contribution < -0.4 is 14.8 Å². The summed E-state index contributed by atoms with van der Waals surface area (Å²) in [6, 6.07) is 15.7. The fraction of sp³-hybridized carbons (Fsp3) is 0.190. The van der Waals surface area contributed by atoms with Crippen molar-refractivity contribution in [1.82, 2.24) is 0 Å². The zero-order chi connectivity index (χ0) is 21.2. The molecule has 0 unspecified atom stereocenters. The van der Waals surface area contributed by atoms with Gasteiger partial charge in [0.2, 0.25) is 0 Å². The molecule has 3 aromatic rings. The maximum absolute atomic E-state index is 12.9. The first-order chi connectivity index (χ1) is 13.7. The Morgan fingerprint density at radius 3 is 2.28 bits per heavy atom. The van der Waals surface area contributed by atoms with Gasteiger partial charge in [-0.2, -0.15) is 8.42 Å². The zero-order valence-electron chi connectivity index (χ0n) is 16.1. The highest BCUT2D eigenvalue weighted by molar-refractivity contribution is 7.87. The highest BCUT2D eigenvalue weighted by Gasteiger charge is 2.21. The summed E-state index contributed by atoms with van der Waals surface area (Å²) in [6.07, 6.45) is 0.138. The number of carboxylic acid groups (broad SMARTS) is 1. The molecule has 0 saturated heterocycles. The summed E-state index contributed by atoms with van der Waals surface area (Å²) in [5.41, 5.74) is 7.09. The number of hydrogen-bond donors (Lipinski definition) is 2. The Morgan fingerprint density at radius 1 is 1.03 bits per heavy atom. The van der Waals surface area contributed by atoms with Crippen LogP contribution in [-0.2, 0) is 21.3 Å². The van der Waals surface area contributed by atoms with Crippen LogP contribution in [0.4, 0.5) is 5.69 Å². The van der Waals surface area contributed by atoms with Crippen LogP contribution in [0.25, 0.3) is 10.8 Å². The van der Waals surface area contributed by atoms with Gasteiger partial charge in [-0.15, -0.1) is 0 Å². The molecule has 1 atom stereocenters. The number of aliphatic carboxylic acids is 1. The Bertz CT molecular complexity index is 1140. The van der Waals surface area contributed by atoms with Crippen molar-refractivity contribution in [2.75, 3.05) is 19.0 Å². The molecule has 0 heterocycles. The smallest absolute Gasteiger partial charge is 0.339 e. The van der Waals surface area contributed by atoms with Gasteiger partial charge < -0.3 is 19.9 Å². The van der Waals surface area contributed by atoms with Crippen molar-refractivity contribution in [3.8, 4) is 5.75 Å². The molecule has 0 fully saturated rings. The largest absolute Gasteiger partial charge is 0.480 e. The Morgan fingerprint density at radius 2 is 1.66 bits per heavy atom. The Labute approximate surface area is 169 Å². The minimum Gasteiger partial charge on any atom is -0.480 e. The van der Waals surface area contributed by atoms with Gasteiger partial charge in [0.15, 0.2) is 0 Å². The van der Waals surface area contributed by atoms with Crippen molar-refractivity contribution < 1.29 is 22.5 Å². The number of benzene rings is 3. The normalized spacial score (nSPS) is 12.5. The standard InChI is InChI=1S/C21H22N2O5S/c1-23(2)19-7-3-6-17-16(19)5-4-8-20(17)29(26,27)28-15-11-9-14(10-12-15)13-18(22)21(24)25/h3-12,18H,13,22H2,1-2H3,(H,24,25)/t18-/m0/s1. The Kier molecular flexibility index (Phi) is 5.76. The summed E-state index contributed by atoms with van der Waals surface area (Å²) in [4.78, 5) is 12.9.